The van der Waals surface area contributed by atoms with Crippen molar-refractivity contribution in [2.75, 3.05) is 19.0 Å². The van der Waals surface area contributed by atoms with Crippen LogP contribution in [0.25, 0.3) is 0 Å². The van der Waals surface area contributed by atoms with Crippen molar-refractivity contribution < 1.29 is 4.74 Å². The van der Waals surface area contributed by atoms with Crippen LogP contribution in [-0.2, 0) is 11.3 Å². The molecule has 3 heteroatoms. The summed E-state index contributed by atoms with van der Waals surface area (Å²) in [4.78, 5) is 0. The number of rotatable bonds is 5. The Morgan fingerprint density at radius 2 is 2.20 bits per heavy atom. The number of hydrogen-bond acceptors (Lipinski definition) is 2. The van der Waals surface area contributed by atoms with Crippen LogP contribution >= 0.6 is 11.6 Å². The average molecular weight is 226 g/mol. The third kappa shape index (κ3) is 3.94. The van der Waals surface area contributed by atoms with E-state index in [4.69, 9.17) is 16.3 Å². The second-order valence-corrected chi connectivity index (χ2v) is 3.62. The van der Waals surface area contributed by atoms with E-state index in [1.54, 1.807) is 12.6 Å². The maximum absolute atomic E-state index is 5.59. The second-order valence-electron chi connectivity index (χ2n) is 3.40. The molecule has 0 aliphatic heterocycles. The van der Waals surface area contributed by atoms with Gasteiger partial charge in [0.25, 0.3) is 0 Å². The van der Waals surface area contributed by atoms with Gasteiger partial charge in [0.1, 0.15) is 0 Å². The summed E-state index contributed by atoms with van der Waals surface area (Å²) in [6.07, 6.45) is 0. The molecule has 1 aromatic rings. The Morgan fingerprint density at radius 1 is 1.47 bits per heavy atom. The molecule has 82 valence electrons. The van der Waals surface area contributed by atoms with Gasteiger partial charge < -0.3 is 10.1 Å². The van der Waals surface area contributed by atoms with E-state index in [9.17, 15) is 0 Å². The van der Waals surface area contributed by atoms with Crippen molar-refractivity contribution in [2.24, 2.45) is 0 Å². The van der Waals surface area contributed by atoms with Crippen molar-refractivity contribution >= 4 is 17.3 Å². The van der Waals surface area contributed by atoms with Gasteiger partial charge in [-0.05, 0) is 18.6 Å². The molecule has 0 bridgehead atoms. The molecule has 0 atom stereocenters. The normalized spacial score (nSPS) is 11.5. The zero-order valence-corrected chi connectivity index (χ0v) is 9.84. The van der Waals surface area contributed by atoms with Gasteiger partial charge in [0, 0.05) is 30.4 Å². The van der Waals surface area contributed by atoms with Gasteiger partial charge >= 0.3 is 0 Å². The maximum atomic E-state index is 5.59. The second kappa shape index (κ2) is 6.49. The van der Waals surface area contributed by atoms with Gasteiger partial charge in [0.15, 0.2) is 0 Å². The van der Waals surface area contributed by atoms with Crippen LogP contribution in [0.2, 0.25) is 0 Å². The quantitative estimate of drug-likeness (QED) is 0.830. The molecule has 0 amide bonds. The summed E-state index contributed by atoms with van der Waals surface area (Å²) < 4.78 is 5.12. The highest BCUT2D eigenvalue weighted by atomic mass is 35.5. The molecule has 0 aliphatic rings. The fraction of sp³-hybridized carbons (Fsp3) is 0.333. The number of hydrogen-bond donors (Lipinski definition) is 1. The van der Waals surface area contributed by atoms with Gasteiger partial charge in [0.2, 0.25) is 0 Å². The number of nitrogens with one attached hydrogen (secondary N) is 1. The van der Waals surface area contributed by atoms with E-state index in [0.717, 1.165) is 23.4 Å². The lowest BCUT2D eigenvalue weighted by molar-refractivity contribution is 0.185. The van der Waals surface area contributed by atoms with Crippen LogP contribution in [0.4, 0.5) is 5.69 Å². The fourth-order valence-electron chi connectivity index (χ4n) is 1.25. The summed E-state index contributed by atoms with van der Waals surface area (Å²) in [5, 5.41) is 3.32. The van der Waals surface area contributed by atoms with Crippen LogP contribution in [0.3, 0.4) is 0 Å². The Bertz CT molecular complexity index is 336. The van der Waals surface area contributed by atoms with Gasteiger partial charge in [-0.2, -0.15) is 0 Å². The molecular weight excluding hydrogens is 210 g/mol. The first-order valence-electron chi connectivity index (χ1n) is 4.84. The lowest BCUT2D eigenvalue weighted by Crippen LogP contribution is -2.05. The molecule has 1 aromatic carbocycles. The molecular formula is C12H16ClNO. The predicted octanol–water partition coefficient (Wildman–Crippen LogP) is 3.39. The molecule has 0 radical (unpaired) electrons. The van der Waals surface area contributed by atoms with Crippen molar-refractivity contribution in [2.45, 2.75) is 13.5 Å². The number of para-hydroxylation sites is 1. The first kappa shape index (κ1) is 12.1. The lowest BCUT2D eigenvalue weighted by atomic mass is 10.2. The van der Waals surface area contributed by atoms with E-state index in [2.05, 4.69) is 5.32 Å². The summed E-state index contributed by atoms with van der Waals surface area (Å²) in [5.41, 5.74) is 4.94. The van der Waals surface area contributed by atoms with Crippen LogP contribution < -0.4 is 5.32 Å². The number of ether oxygens (including phenoxy) is 1. The predicted molar refractivity (Wildman–Crippen MR) is 65.3 cm³/mol. The minimum Gasteiger partial charge on any atom is -0.381 e. The molecule has 1 rings (SSSR count). The van der Waals surface area contributed by atoms with E-state index in [1.807, 2.05) is 31.2 Å². The summed E-state index contributed by atoms with van der Waals surface area (Å²) in [6.45, 7) is 3.36. The Labute approximate surface area is 95.9 Å². The van der Waals surface area contributed by atoms with E-state index in [0.29, 0.717) is 6.61 Å². The zero-order chi connectivity index (χ0) is 11.1. The fourth-order valence-corrected chi connectivity index (χ4v) is 1.32. The molecule has 1 N–H and O–H groups in total. The summed E-state index contributed by atoms with van der Waals surface area (Å²) >= 11 is 5.59. The van der Waals surface area contributed by atoms with E-state index >= 15 is 0 Å². The number of benzene rings is 1. The van der Waals surface area contributed by atoms with Gasteiger partial charge in [-0.3, -0.25) is 0 Å². The summed E-state index contributed by atoms with van der Waals surface area (Å²) in [6, 6.07) is 8.09. The average Bonchev–Trinajstić information content (AvgIpc) is 2.28. The van der Waals surface area contributed by atoms with Gasteiger partial charge in [-0.15, -0.1) is 0 Å². The Balaban J connectivity index is 2.66. The smallest absolute Gasteiger partial charge is 0.0733 e. The Hall–Kier alpha value is -0.990. The van der Waals surface area contributed by atoms with Crippen molar-refractivity contribution in [3.8, 4) is 0 Å². The van der Waals surface area contributed by atoms with Crippen molar-refractivity contribution in [3.63, 3.8) is 0 Å². The van der Waals surface area contributed by atoms with Gasteiger partial charge in [0.05, 0.1) is 6.61 Å². The minimum atomic E-state index is 0.618. The molecule has 0 saturated heterocycles. The van der Waals surface area contributed by atoms with Crippen LogP contribution in [-0.4, -0.2) is 13.7 Å². The molecule has 0 heterocycles. The first-order chi connectivity index (χ1) is 7.27. The third-order valence-corrected chi connectivity index (χ3v) is 2.43. The molecule has 2 nitrogen and oxygen atoms in total. The number of methoxy groups -OCH3 is 1. The highest BCUT2D eigenvalue weighted by Gasteiger charge is 2.00. The van der Waals surface area contributed by atoms with E-state index in [1.165, 1.54) is 0 Å². The van der Waals surface area contributed by atoms with E-state index in [-0.39, 0.29) is 0 Å². The molecule has 15 heavy (non-hydrogen) atoms. The Morgan fingerprint density at radius 3 is 2.87 bits per heavy atom. The minimum absolute atomic E-state index is 0.618. The van der Waals surface area contributed by atoms with Crippen LogP contribution in [0, 0.1) is 0 Å². The summed E-state index contributed by atoms with van der Waals surface area (Å²) in [7, 11) is 1.70. The SMILES string of the molecule is COCc1ccccc1NC/C(C)=C/Cl. The summed E-state index contributed by atoms with van der Waals surface area (Å²) in [5.74, 6) is 0. The first-order valence-corrected chi connectivity index (χ1v) is 5.28. The van der Waals surface area contributed by atoms with Gasteiger partial charge in [-0.1, -0.05) is 29.8 Å². The van der Waals surface area contributed by atoms with Crippen molar-refractivity contribution in [3.05, 3.63) is 40.9 Å². The zero-order valence-electron chi connectivity index (χ0n) is 9.09. The standard InChI is InChI=1S/C12H16ClNO/c1-10(7-13)8-14-12-6-4-3-5-11(12)9-15-2/h3-7,14H,8-9H2,1-2H3/b10-7+. The molecule has 0 fully saturated rings. The highest BCUT2D eigenvalue weighted by molar-refractivity contribution is 6.25. The van der Waals surface area contributed by atoms with Crippen LogP contribution in [0.5, 0.6) is 0 Å². The molecule has 0 aliphatic carbocycles. The van der Waals surface area contributed by atoms with E-state index < -0.39 is 0 Å². The maximum Gasteiger partial charge on any atom is 0.0733 e. The van der Waals surface area contributed by atoms with Gasteiger partial charge in [-0.25, -0.2) is 0 Å². The molecule has 0 saturated carbocycles. The molecule has 0 aromatic heterocycles. The van der Waals surface area contributed by atoms with Crippen LogP contribution in [0.15, 0.2) is 35.4 Å². The van der Waals surface area contributed by atoms with Crippen LogP contribution in [0.1, 0.15) is 12.5 Å². The number of anilines is 1. The highest BCUT2D eigenvalue weighted by Crippen LogP contribution is 2.16. The topological polar surface area (TPSA) is 21.3 Å². The van der Waals surface area contributed by atoms with Crippen molar-refractivity contribution in [1.82, 2.24) is 0 Å². The van der Waals surface area contributed by atoms with Crippen molar-refractivity contribution in [1.29, 1.82) is 0 Å². The third-order valence-electron chi connectivity index (χ3n) is 2.06. The monoisotopic (exact) mass is 225 g/mol. The Kier molecular flexibility index (Phi) is 5.22. The lowest BCUT2D eigenvalue weighted by Gasteiger charge is -2.11. The molecule has 0 unspecified atom stereocenters. The molecule has 0 spiro atoms. The number of halogens is 1. The largest absolute Gasteiger partial charge is 0.381 e.